The maximum absolute atomic E-state index is 11.8. The van der Waals surface area contributed by atoms with Crippen molar-refractivity contribution in [2.45, 2.75) is 13.5 Å². The molecule has 2 aromatic carbocycles. The van der Waals surface area contributed by atoms with Gasteiger partial charge in [-0.25, -0.2) is 4.79 Å². The number of carbonyl (C=O) groups excluding carboxylic acids is 1. The van der Waals surface area contributed by atoms with Crippen molar-refractivity contribution in [3.63, 3.8) is 0 Å². The van der Waals surface area contributed by atoms with E-state index in [0.29, 0.717) is 17.1 Å². The second kappa shape index (κ2) is 7.96. The van der Waals surface area contributed by atoms with Gasteiger partial charge in [-0.2, -0.15) is 0 Å². The third-order valence-corrected chi connectivity index (χ3v) is 3.30. The molecule has 7 heteroatoms. The smallest absolute Gasteiger partial charge is 0.344 e. The number of nitro groups is 1. The second-order valence-corrected chi connectivity index (χ2v) is 4.97. The van der Waals surface area contributed by atoms with E-state index in [1.165, 1.54) is 25.3 Å². The molecule has 0 fully saturated rings. The number of benzene rings is 2. The zero-order chi connectivity index (χ0) is 17.5. The number of hydrogen-bond donors (Lipinski definition) is 0. The number of carbonyl (C=O) groups is 1. The number of para-hydroxylation sites is 1. The van der Waals surface area contributed by atoms with Gasteiger partial charge in [0.2, 0.25) is 0 Å². The molecule has 0 saturated heterocycles. The summed E-state index contributed by atoms with van der Waals surface area (Å²) in [5, 5.41) is 10.8. The van der Waals surface area contributed by atoms with Gasteiger partial charge in [0, 0.05) is 17.7 Å². The molecule has 7 nitrogen and oxygen atoms in total. The van der Waals surface area contributed by atoms with Crippen LogP contribution in [0.15, 0.2) is 42.5 Å². The topological polar surface area (TPSA) is 87.9 Å². The third-order valence-electron chi connectivity index (χ3n) is 3.30. The Balaban J connectivity index is 1.95. The summed E-state index contributed by atoms with van der Waals surface area (Å²) < 4.78 is 15.6. The molecule has 0 aliphatic rings. The van der Waals surface area contributed by atoms with Crippen LogP contribution in [0.2, 0.25) is 0 Å². The summed E-state index contributed by atoms with van der Waals surface area (Å²) in [6, 6.07) is 11.4. The predicted octanol–water partition coefficient (Wildman–Crippen LogP) is 3.03. The fourth-order valence-corrected chi connectivity index (χ4v) is 2.05. The second-order valence-electron chi connectivity index (χ2n) is 4.97. The van der Waals surface area contributed by atoms with Gasteiger partial charge in [-0.3, -0.25) is 10.1 Å². The van der Waals surface area contributed by atoms with E-state index >= 15 is 0 Å². The summed E-state index contributed by atoms with van der Waals surface area (Å²) in [6.45, 7) is 1.48. The van der Waals surface area contributed by atoms with Crippen molar-refractivity contribution in [3.8, 4) is 11.5 Å². The lowest BCUT2D eigenvalue weighted by Crippen LogP contribution is -2.15. The number of nitro benzene ring substituents is 1. The first-order chi connectivity index (χ1) is 11.5. The van der Waals surface area contributed by atoms with Gasteiger partial charge in [-0.15, -0.1) is 0 Å². The Labute approximate surface area is 138 Å². The fraction of sp³-hybridized carbons (Fsp3) is 0.235. The van der Waals surface area contributed by atoms with Crippen molar-refractivity contribution < 1.29 is 23.9 Å². The van der Waals surface area contributed by atoms with Gasteiger partial charge in [-0.1, -0.05) is 18.2 Å². The van der Waals surface area contributed by atoms with Gasteiger partial charge in [0.15, 0.2) is 6.61 Å². The first-order valence-electron chi connectivity index (χ1n) is 7.16. The highest BCUT2D eigenvalue weighted by Crippen LogP contribution is 2.24. The first-order valence-corrected chi connectivity index (χ1v) is 7.16. The Hall–Kier alpha value is -3.09. The molecule has 0 unspecified atom stereocenters. The van der Waals surface area contributed by atoms with Crippen LogP contribution < -0.4 is 9.47 Å². The molecule has 0 aromatic heterocycles. The quantitative estimate of drug-likeness (QED) is 0.440. The molecule has 126 valence electrons. The van der Waals surface area contributed by atoms with E-state index in [4.69, 9.17) is 14.2 Å². The van der Waals surface area contributed by atoms with Gasteiger partial charge < -0.3 is 14.2 Å². The molecule has 0 atom stereocenters. The lowest BCUT2D eigenvalue weighted by molar-refractivity contribution is -0.385. The lowest BCUT2D eigenvalue weighted by Gasteiger charge is -2.11. The molecule has 0 heterocycles. The van der Waals surface area contributed by atoms with Crippen LogP contribution in [0.25, 0.3) is 0 Å². The summed E-state index contributed by atoms with van der Waals surface area (Å²) in [5.41, 5.74) is 1.22. The maximum Gasteiger partial charge on any atom is 0.344 e. The summed E-state index contributed by atoms with van der Waals surface area (Å²) in [7, 11) is 1.44. The molecule has 0 amide bonds. The van der Waals surface area contributed by atoms with Crippen molar-refractivity contribution in [2.75, 3.05) is 13.7 Å². The minimum atomic E-state index is -0.577. The number of rotatable bonds is 7. The largest absolute Gasteiger partial charge is 0.496 e. The lowest BCUT2D eigenvalue weighted by atomic mass is 10.2. The van der Waals surface area contributed by atoms with E-state index in [0.717, 1.165) is 5.56 Å². The van der Waals surface area contributed by atoms with Crippen LogP contribution >= 0.6 is 0 Å². The van der Waals surface area contributed by atoms with Crippen molar-refractivity contribution in [3.05, 3.63) is 63.7 Å². The average molecular weight is 331 g/mol. The van der Waals surface area contributed by atoms with Crippen LogP contribution in [0.3, 0.4) is 0 Å². The van der Waals surface area contributed by atoms with Gasteiger partial charge in [0.25, 0.3) is 5.69 Å². The molecule has 0 saturated carbocycles. The Bertz CT molecular complexity index is 744. The molecule has 2 aromatic rings. The molecule has 0 bridgehead atoms. The molecular formula is C17H17NO6. The van der Waals surface area contributed by atoms with E-state index in [2.05, 4.69) is 0 Å². The van der Waals surface area contributed by atoms with E-state index < -0.39 is 10.9 Å². The molecule has 0 aliphatic carbocycles. The van der Waals surface area contributed by atoms with Crippen LogP contribution in [-0.4, -0.2) is 24.6 Å². The van der Waals surface area contributed by atoms with Crippen molar-refractivity contribution in [1.29, 1.82) is 0 Å². The highest BCUT2D eigenvalue weighted by molar-refractivity contribution is 5.71. The highest BCUT2D eigenvalue weighted by Gasteiger charge is 2.13. The highest BCUT2D eigenvalue weighted by atomic mass is 16.6. The molecule has 24 heavy (non-hydrogen) atoms. The van der Waals surface area contributed by atoms with E-state index in [1.807, 2.05) is 25.1 Å². The fourth-order valence-electron chi connectivity index (χ4n) is 2.05. The SMILES string of the molecule is COc1ccc([N+](=O)[O-])cc1COC(=O)COc1ccccc1C. The number of ether oxygens (including phenoxy) is 3. The maximum atomic E-state index is 11.8. The number of aryl methyl sites for hydroxylation is 1. The van der Waals surface area contributed by atoms with Gasteiger partial charge in [0.05, 0.1) is 12.0 Å². The number of methoxy groups -OCH3 is 1. The minimum Gasteiger partial charge on any atom is -0.496 e. The Kier molecular flexibility index (Phi) is 5.73. The molecule has 0 N–H and O–H groups in total. The normalized spacial score (nSPS) is 10.1. The van der Waals surface area contributed by atoms with Gasteiger partial charge >= 0.3 is 5.97 Å². The molecular weight excluding hydrogens is 314 g/mol. The van der Waals surface area contributed by atoms with Crippen molar-refractivity contribution in [2.24, 2.45) is 0 Å². The van der Waals surface area contributed by atoms with Gasteiger partial charge in [0.1, 0.15) is 18.1 Å². The number of esters is 1. The van der Waals surface area contributed by atoms with Crippen LogP contribution in [0.5, 0.6) is 11.5 Å². The van der Waals surface area contributed by atoms with Crippen LogP contribution in [0.4, 0.5) is 5.69 Å². The molecule has 2 rings (SSSR count). The third kappa shape index (κ3) is 4.45. The summed E-state index contributed by atoms with van der Waals surface area (Å²) in [4.78, 5) is 22.1. The Morgan fingerprint density at radius 2 is 1.92 bits per heavy atom. The number of nitrogens with zero attached hydrogens (tertiary/aromatic N) is 1. The number of hydrogen-bond acceptors (Lipinski definition) is 6. The zero-order valence-corrected chi connectivity index (χ0v) is 13.4. The molecule has 0 radical (unpaired) electrons. The summed E-state index contributed by atoms with van der Waals surface area (Å²) in [6.07, 6.45) is 0. The average Bonchev–Trinajstić information content (AvgIpc) is 2.58. The Morgan fingerprint density at radius 1 is 1.17 bits per heavy atom. The summed E-state index contributed by atoms with van der Waals surface area (Å²) in [5.74, 6) is 0.433. The van der Waals surface area contributed by atoms with Gasteiger partial charge in [-0.05, 0) is 24.6 Å². The number of non-ortho nitro benzene ring substituents is 1. The van der Waals surface area contributed by atoms with E-state index in [1.54, 1.807) is 6.07 Å². The van der Waals surface area contributed by atoms with Crippen LogP contribution in [0.1, 0.15) is 11.1 Å². The summed E-state index contributed by atoms with van der Waals surface area (Å²) >= 11 is 0. The molecule has 0 aliphatic heterocycles. The minimum absolute atomic E-state index is 0.0991. The standard InChI is InChI=1S/C17H17NO6/c1-12-5-3-4-6-15(12)23-11-17(19)24-10-13-9-14(18(20)21)7-8-16(13)22-2/h3-9H,10-11H2,1-2H3. The zero-order valence-electron chi connectivity index (χ0n) is 13.4. The monoisotopic (exact) mass is 331 g/mol. The van der Waals surface area contributed by atoms with Crippen LogP contribution in [0, 0.1) is 17.0 Å². The van der Waals surface area contributed by atoms with Crippen molar-refractivity contribution in [1.82, 2.24) is 0 Å². The molecule has 0 spiro atoms. The van der Waals surface area contributed by atoms with E-state index in [9.17, 15) is 14.9 Å². The first kappa shape index (κ1) is 17.3. The predicted molar refractivity (Wildman–Crippen MR) is 86.1 cm³/mol. The van der Waals surface area contributed by atoms with Crippen molar-refractivity contribution >= 4 is 11.7 Å². The Morgan fingerprint density at radius 3 is 2.58 bits per heavy atom. The van der Waals surface area contributed by atoms with E-state index in [-0.39, 0.29) is 18.9 Å². The van der Waals surface area contributed by atoms with Crippen LogP contribution in [-0.2, 0) is 16.1 Å².